The first kappa shape index (κ1) is 14.6. The van der Waals surface area contributed by atoms with Crippen molar-refractivity contribution >= 4 is 13.8 Å². The summed E-state index contributed by atoms with van der Waals surface area (Å²) in [5.74, 6) is -0.192. The van der Waals surface area contributed by atoms with E-state index in [1.54, 1.807) is 0 Å². The molecule has 1 aromatic rings. The molecular weight excluding hydrogens is 267 g/mol. The van der Waals surface area contributed by atoms with Crippen molar-refractivity contribution in [2.45, 2.75) is 50.7 Å². The number of ether oxygens (including phenoxy) is 3. The first-order valence-electron chi connectivity index (χ1n) is 7.31. The summed E-state index contributed by atoms with van der Waals surface area (Å²) in [6.45, 7) is 4.22. The van der Waals surface area contributed by atoms with E-state index in [4.69, 9.17) is 22.1 Å². The van der Waals surface area contributed by atoms with Crippen LogP contribution in [0.3, 0.4) is 0 Å². The van der Waals surface area contributed by atoms with Crippen LogP contribution in [0.25, 0.3) is 0 Å². The minimum Gasteiger partial charge on any atom is -0.461 e. The van der Waals surface area contributed by atoms with Gasteiger partial charge in [-0.3, -0.25) is 4.79 Å². The lowest BCUT2D eigenvalue weighted by Gasteiger charge is -2.35. The molecule has 0 aromatic heterocycles. The third-order valence-electron chi connectivity index (χ3n) is 4.66. The van der Waals surface area contributed by atoms with E-state index in [1.807, 2.05) is 44.2 Å². The normalized spacial score (nSPS) is 37.6. The third kappa shape index (κ3) is 2.49. The van der Waals surface area contributed by atoms with Crippen molar-refractivity contribution in [1.82, 2.24) is 0 Å². The summed E-state index contributed by atoms with van der Waals surface area (Å²) in [5.41, 5.74) is 0.312. The fourth-order valence-corrected chi connectivity index (χ4v) is 3.36. The Balaban J connectivity index is 1.62. The molecule has 5 heteroatoms. The van der Waals surface area contributed by atoms with Crippen LogP contribution < -0.4 is 0 Å². The molecule has 2 unspecified atom stereocenters. The van der Waals surface area contributed by atoms with Gasteiger partial charge in [0, 0.05) is 11.9 Å². The van der Waals surface area contributed by atoms with Crippen LogP contribution in [0.15, 0.2) is 30.3 Å². The van der Waals surface area contributed by atoms with E-state index in [-0.39, 0.29) is 37.1 Å². The standard InChI is InChI=1S/C16H19BO4/c1-10-14-15(17)21-16(10,11(2)20-14)8-13(18)19-9-12-6-4-3-5-7-12/h3-7,10-11,14-15H,8-9H2,1-2H3/t10-,11?,14?,15-,16-/m1/s1. The first-order chi connectivity index (χ1) is 10.0. The zero-order valence-electron chi connectivity index (χ0n) is 12.3. The van der Waals surface area contributed by atoms with E-state index in [0.29, 0.717) is 0 Å². The van der Waals surface area contributed by atoms with Gasteiger partial charge in [-0.05, 0) is 12.5 Å². The Hall–Kier alpha value is -1.33. The molecule has 2 aliphatic rings. The van der Waals surface area contributed by atoms with Gasteiger partial charge in [-0.1, -0.05) is 37.3 Å². The molecule has 3 rings (SSSR count). The van der Waals surface area contributed by atoms with Crippen molar-refractivity contribution in [1.29, 1.82) is 0 Å². The molecule has 0 spiro atoms. The number of hydrogen-bond donors (Lipinski definition) is 0. The molecule has 2 heterocycles. The quantitative estimate of drug-likeness (QED) is 0.625. The maximum Gasteiger partial charge on any atom is 0.309 e. The van der Waals surface area contributed by atoms with Gasteiger partial charge in [0.2, 0.25) is 0 Å². The second kappa shape index (κ2) is 5.46. The highest BCUT2D eigenvalue weighted by Gasteiger charge is 2.62. The molecule has 0 aliphatic carbocycles. The van der Waals surface area contributed by atoms with Crippen molar-refractivity contribution in [3.05, 3.63) is 35.9 Å². The molecule has 2 aliphatic heterocycles. The zero-order valence-corrected chi connectivity index (χ0v) is 12.3. The Morgan fingerprint density at radius 1 is 1.33 bits per heavy atom. The van der Waals surface area contributed by atoms with E-state index in [0.717, 1.165) is 5.56 Å². The number of benzene rings is 1. The van der Waals surface area contributed by atoms with Crippen molar-refractivity contribution in [2.24, 2.45) is 5.92 Å². The minimum absolute atomic E-state index is 0.0896. The van der Waals surface area contributed by atoms with Crippen LogP contribution in [0, 0.1) is 5.92 Å². The van der Waals surface area contributed by atoms with Crippen LogP contribution >= 0.6 is 0 Å². The molecule has 0 amide bonds. The fraction of sp³-hybridized carbons (Fsp3) is 0.562. The Kier molecular flexibility index (Phi) is 3.80. The summed E-state index contributed by atoms with van der Waals surface area (Å²) in [5, 5.41) is 0. The van der Waals surface area contributed by atoms with Crippen molar-refractivity contribution < 1.29 is 19.0 Å². The highest BCUT2D eigenvalue weighted by Crippen LogP contribution is 2.49. The Bertz CT molecular complexity index is 520. The summed E-state index contributed by atoms with van der Waals surface area (Å²) in [6.07, 6.45) is -0.115. The van der Waals surface area contributed by atoms with Crippen molar-refractivity contribution in [3.8, 4) is 0 Å². The molecule has 4 nitrogen and oxygen atoms in total. The number of carbonyl (C=O) groups is 1. The van der Waals surface area contributed by atoms with Gasteiger partial charge in [-0.15, -0.1) is 0 Å². The fourth-order valence-electron chi connectivity index (χ4n) is 3.36. The van der Waals surface area contributed by atoms with Crippen LogP contribution in [0.2, 0.25) is 0 Å². The molecule has 2 fully saturated rings. The van der Waals surface area contributed by atoms with Gasteiger partial charge in [0.1, 0.15) is 20.1 Å². The van der Waals surface area contributed by atoms with Crippen LogP contribution in [-0.2, 0) is 25.6 Å². The van der Waals surface area contributed by atoms with E-state index in [1.165, 1.54) is 0 Å². The van der Waals surface area contributed by atoms with Crippen LogP contribution in [0.5, 0.6) is 0 Å². The van der Waals surface area contributed by atoms with Crippen LogP contribution in [0.1, 0.15) is 25.8 Å². The second-order valence-electron chi connectivity index (χ2n) is 5.89. The smallest absolute Gasteiger partial charge is 0.309 e. The SMILES string of the molecule is [B][C@@H]1O[C@@]2(CC(=O)OCc3ccccc3)C(C)OC1[C@H]2C. The lowest BCUT2D eigenvalue weighted by molar-refractivity contribution is -0.175. The average molecular weight is 286 g/mol. The van der Waals surface area contributed by atoms with Gasteiger partial charge in [-0.2, -0.15) is 0 Å². The molecule has 0 saturated carbocycles. The number of rotatable bonds is 4. The Morgan fingerprint density at radius 3 is 2.67 bits per heavy atom. The largest absolute Gasteiger partial charge is 0.461 e. The topological polar surface area (TPSA) is 44.8 Å². The summed E-state index contributed by atoms with van der Waals surface area (Å²) in [4.78, 5) is 12.2. The van der Waals surface area contributed by atoms with Gasteiger partial charge in [0.05, 0.1) is 18.6 Å². The lowest BCUT2D eigenvalue weighted by atomic mass is 9.82. The zero-order chi connectivity index (χ0) is 15.0. The second-order valence-corrected chi connectivity index (χ2v) is 5.89. The van der Waals surface area contributed by atoms with E-state index in [2.05, 4.69) is 0 Å². The highest BCUT2D eigenvalue weighted by molar-refractivity contribution is 6.11. The Morgan fingerprint density at radius 2 is 2.05 bits per heavy atom. The van der Waals surface area contributed by atoms with Crippen LogP contribution in [0.4, 0.5) is 0 Å². The number of esters is 1. The summed E-state index contributed by atoms with van der Waals surface area (Å²) >= 11 is 0. The molecule has 0 N–H and O–H groups in total. The lowest BCUT2D eigenvalue weighted by Crippen LogP contribution is -2.46. The number of hydrogen-bond acceptors (Lipinski definition) is 4. The van der Waals surface area contributed by atoms with E-state index < -0.39 is 11.6 Å². The summed E-state index contributed by atoms with van der Waals surface area (Å²) < 4.78 is 17.0. The summed E-state index contributed by atoms with van der Waals surface area (Å²) in [6, 6.07) is 9.15. The van der Waals surface area contributed by atoms with Gasteiger partial charge in [0.15, 0.2) is 0 Å². The molecule has 2 saturated heterocycles. The van der Waals surface area contributed by atoms with E-state index >= 15 is 0 Å². The van der Waals surface area contributed by atoms with Gasteiger partial charge in [-0.25, -0.2) is 0 Å². The highest BCUT2D eigenvalue weighted by atomic mass is 16.6. The van der Waals surface area contributed by atoms with Crippen LogP contribution in [-0.4, -0.2) is 37.6 Å². The Labute approximate surface area is 126 Å². The molecular formula is C16H19BO4. The first-order valence-corrected chi connectivity index (χ1v) is 7.31. The molecule has 5 atom stereocenters. The molecule has 2 radical (unpaired) electrons. The molecule has 2 bridgehead atoms. The molecule has 1 aromatic carbocycles. The predicted octanol–water partition coefficient (Wildman–Crippen LogP) is 1.81. The van der Waals surface area contributed by atoms with Crippen molar-refractivity contribution in [3.63, 3.8) is 0 Å². The maximum atomic E-state index is 12.2. The molecule has 110 valence electrons. The summed E-state index contributed by atoms with van der Waals surface area (Å²) in [7, 11) is 5.90. The average Bonchev–Trinajstić information content (AvgIpc) is 2.84. The van der Waals surface area contributed by atoms with Gasteiger partial charge >= 0.3 is 5.97 Å². The maximum absolute atomic E-state index is 12.2. The monoisotopic (exact) mass is 286 g/mol. The number of fused-ring (bicyclic) bond motifs is 2. The van der Waals surface area contributed by atoms with Gasteiger partial charge < -0.3 is 14.2 Å². The third-order valence-corrected chi connectivity index (χ3v) is 4.66. The number of carbonyl (C=O) groups excluding carboxylic acids is 1. The molecule has 21 heavy (non-hydrogen) atoms. The van der Waals surface area contributed by atoms with E-state index in [9.17, 15) is 4.79 Å². The minimum atomic E-state index is -0.655. The van der Waals surface area contributed by atoms with Gasteiger partial charge in [0.25, 0.3) is 0 Å². The van der Waals surface area contributed by atoms with Crippen molar-refractivity contribution in [2.75, 3.05) is 0 Å². The predicted molar refractivity (Wildman–Crippen MR) is 77.7 cm³/mol.